The van der Waals surface area contributed by atoms with E-state index in [0.717, 1.165) is 0 Å². The maximum atomic E-state index is 12.8. The highest BCUT2D eigenvalue weighted by Crippen LogP contribution is 2.19. The third-order valence-corrected chi connectivity index (χ3v) is 5.48. The van der Waals surface area contributed by atoms with Gasteiger partial charge in [0.15, 0.2) is 0 Å². The normalized spacial score (nSPS) is 12.4. The molecule has 0 radical (unpaired) electrons. The molecule has 0 aromatic heterocycles. The first-order valence-electron chi connectivity index (χ1n) is 8.31. The zero-order valence-electron chi connectivity index (χ0n) is 15.0. The Bertz CT molecular complexity index is 924. The van der Waals surface area contributed by atoms with Crippen LogP contribution in [0.1, 0.15) is 28.4 Å². The third kappa shape index (κ3) is 5.38. The Morgan fingerprint density at radius 2 is 1.81 bits per heavy atom. The summed E-state index contributed by atoms with van der Waals surface area (Å²) in [6, 6.07) is 11.5. The van der Waals surface area contributed by atoms with Crippen molar-refractivity contribution in [2.75, 3.05) is 6.61 Å². The monoisotopic (exact) mass is 391 g/mol. The second-order valence-electron chi connectivity index (χ2n) is 5.90. The molecule has 0 saturated carbocycles. The Balaban J connectivity index is 2.32. The van der Waals surface area contributed by atoms with Crippen molar-refractivity contribution >= 4 is 22.0 Å². The molecule has 0 saturated heterocycles. The molecular formula is C19H21NO6S. The fraction of sp³-hybridized carbons (Fsp3) is 0.263. The Hall–Kier alpha value is -2.71. The molecular weight excluding hydrogens is 370 g/mol. The number of carboxylic acids is 1. The van der Waals surface area contributed by atoms with Crippen LogP contribution in [0.3, 0.4) is 0 Å². The van der Waals surface area contributed by atoms with Crippen molar-refractivity contribution in [3.63, 3.8) is 0 Å². The van der Waals surface area contributed by atoms with Gasteiger partial charge in [0.05, 0.1) is 17.1 Å². The van der Waals surface area contributed by atoms with Gasteiger partial charge in [0.25, 0.3) is 0 Å². The van der Waals surface area contributed by atoms with Crippen molar-refractivity contribution in [3.8, 4) is 0 Å². The molecule has 2 aromatic carbocycles. The van der Waals surface area contributed by atoms with Crippen LogP contribution in [0.4, 0.5) is 0 Å². The molecule has 2 aromatic rings. The van der Waals surface area contributed by atoms with E-state index in [1.165, 1.54) is 18.2 Å². The summed E-state index contributed by atoms with van der Waals surface area (Å²) in [5, 5.41) is 9.43. The minimum atomic E-state index is -4.16. The average Bonchev–Trinajstić information content (AvgIpc) is 2.62. The molecule has 2 N–H and O–H groups in total. The maximum Gasteiger partial charge on any atom is 0.338 e. The molecule has 0 aliphatic rings. The summed E-state index contributed by atoms with van der Waals surface area (Å²) in [5.74, 6) is -1.94. The molecule has 27 heavy (non-hydrogen) atoms. The van der Waals surface area contributed by atoms with E-state index in [1.54, 1.807) is 44.2 Å². The summed E-state index contributed by atoms with van der Waals surface area (Å²) in [6.07, 6.45) is -0.00792. The maximum absolute atomic E-state index is 12.8. The summed E-state index contributed by atoms with van der Waals surface area (Å²) in [7, 11) is -4.16. The third-order valence-electron chi connectivity index (χ3n) is 3.87. The van der Waals surface area contributed by atoms with Gasteiger partial charge in [-0.05, 0) is 43.5 Å². The number of aryl methyl sites for hydroxylation is 1. The molecule has 0 bridgehead atoms. The predicted octanol–water partition coefficient (Wildman–Crippen LogP) is 2.15. The highest BCUT2D eigenvalue weighted by Gasteiger charge is 2.27. The van der Waals surface area contributed by atoms with Gasteiger partial charge in [0.2, 0.25) is 10.0 Å². The molecule has 8 heteroatoms. The van der Waals surface area contributed by atoms with E-state index in [0.29, 0.717) is 11.1 Å². The van der Waals surface area contributed by atoms with E-state index in [-0.39, 0.29) is 23.5 Å². The van der Waals surface area contributed by atoms with Crippen LogP contribution >= 0.6 is 0 Å². The number of carbonyl (C=O) groups is 2. The van der Waals surface area contributed by atoms with E-state index < -0.39 is 28.0 Å². The smallest absolute Gasteiger partial charge is 0.338 e. The lowest BCUT2D eigenvalue weighted by Crippen LogP contribution is -2.42. The van der Waals surface area contributed by atoms with E-state index in [9.17, 15) is 23.1 Å². The number of ether oxygens (including phenoxy) is 1. The number of nitrogens with one attached hydrogen (secondary N) is 1. The van der Waals surface area contributed by atoms with Crippen molar-refractivity contribution in [2.24, 2.45) is 0 Å². The van der Waals surface area contributed by atoms with Crippen LogP contribution in [-0.2, 0) is 26.0 Å². The molecule has 144 valence electrons. The topological polar surface area (TPSA) is 110 Å². The van der Waals surface area contributed by atoms with E-state index in [2.05, 4.69) is 4.72 Å². The number of carboxylic acid groups (broad SMARTS) is 1. The van der Waals surface area contributed by atoms with Crippen LogP contribution in [-0.4, -0.2) is 38.1 Å². The van der Waals surface area contributed by atoms with E-state index in [1.807, 2.05) is 0 Å². The van der Waals surface area contributed by atoms with Gasteiger partial charge in [-0.3, -0.25) is 4.79 Å². The van der Waals surface area contributed by atoms with Crippen LogP contribution in [0, 0.1) is 6.92 Å². The predicted molar refractivity (Wildman–Crippen MR) is 99.0 cm³/mol. The molecule has 0 unspecified atom stereocenters. The standard InChI is InChI=1S/C19H21NO6S/c1-3-26-19(23)15-10-9-13(2)17(12-15)27(24,25)20-16(18(21)22)11-14-7-5-4-6-8-14/h4-10,12,16,20H,3,11H2,1-2H3,(H,21,22)/t16-/m0/s1. The lowest BCUT2D eigenvalue weighted by molar-refractivity contribution is -0.138. The first-order valence-corrected chi connectivity index (χ1v) is 9.79. The summed E-state index contributed by atoms with van der Waals surface area (Å²) >= 11 is 0. The largest absolute Gasteiger partial charge is 0.480 e. The lowest BCUT2D eigenvalue weighted by atomic mass is 10.1. The van der Waals surface area contributed by atoms with Gasteiger partial charge in [0, 0.05) is 0 Å². The first kappa shape index (κ1) is 20.6. The Morgan fingerprint density at radius 3 is 2.41 bits per heavy atom. The Labute approximate surface area is 158 Å². The summed E-state index contributed by atoms with van der Waals surface area (Å²) < 4.78 is 32.6. The van der Waals surface area contributed by atoms with Crippen molar-refractivity contribution in [2.45, 2.75) is 31.2 Å². The van der Waals surface area contributed by atoms with Gasteiger partial charge in [-0.2, -0.15) is 4.72 Å². The highest BCUT2D eigenvalue weighted by atomic mass is 32.2. The number of rotatable bonds is 8. The fourth-order valence-corrected chi connectivity index (χ4v) is 3.97. The molecule has 0 heterocycles. The van der Waals surface area contributed by atoms with Crippen LogP contribution in [0.5, 0.6) is 0 Å². The SMILES string of the molecule is CCOC(=O)c1ccc(C)c(S(=O)(=O)N[C@@H](Cc2ccccc2)C(=O)O)c1. The molecule has 1 atom stereocenters. The number of benzene rings is 2. The van der Waals surface area contributed by atoms with Crippen LogP contribution in [0.2, 0.25) is 0 Å². The number of carbonyl (C=O) groups excluding carboxylic acids is 1. The second-order valence-corrected chi connectivity index (χ2v) is 7.58. The summed E-state index contributed by atoms with van der Waals surface area (Å²) in [4.78, 5) is 23.3. The quantitative estimate of drug-likeness (QED) is 0.667. The zero-order valence-corrected chi connectivity index (χ0v) is 15.8. The molecule has 2 rings (SSSR count). The molecule has 0 aliphatic carbocycles. The molecule has 7 nitrogen and oxygen atoms in total. The number of hydrogen-bond acceptors (Lipinski definition) is 5. The number of sulfonamides is 1. The van der Waals surface area contributed by atoms with Crippen LogP contribution in [0.15, 0.2) is 53.4 Å². The second kappa shape index (κ2) is 8.79. The minimum absolute atomic E-state index is 0.00792. The average molecular weight is 391 g/mol. The van der Waals surface area contributed by atoms with Crippen molar-refractivity contribution < 1.29 is 27.9 Å². The van der Waals surface area contributed by atoms with Crippen molar-refractivity contribution in [1.82, 2.24) is 4.72 Å². The molecule has 0 aliphatic heterocycles. The fourth-order valence-electron chi connectivity index (χ4n) is 2.51. The minimum Gasteiger partial charge on any atom is -0.480 e. The van der Waals surface area contributed by atoms with Crippen molar-refractivity contribution in [1.29, 1.82) is 0 Å². The molecule has 0 amide bonds. The van der Waals surface area contributed by atoms with Crippen LogP contribution < -0.4 is 4.72 Å². The van der Waals surface area contributed by atoms with Gasteiger partial charge in [0.1, 0.15) is 6.04 Å². The van der Waals surface area contributed by atoms with Gasteiger partial charge < -0.3 is 9.84 Å². The van der Waals surface area contributed by atoms with Crippen molar-refractivity contribution in [3.05, 3.63) is 65.2 Å². The highest BCUT2D eigenvalue weighted by molar-refractivity contribution is 7.89. The van der Waals surface area contributed by atoms with E-state index in [4.69, 9.17) is 4.74 Å². The number of aliphatic carboxylic acids is 1. The number of hydrogen-bond donors (Lipinski definition) is 2. The number of esters is 1. The lowest BCUT2D eigenvalue weighted by Gasteiger charge is -2.16. The van der Waals surface area contributed by atoms with Gasteiger partial charge in [-0.15, -0.1) is 0 Å². The van der Waals surface area contributed by atoms with Crippen LogP contribution in [0.25, 0.3) is 0 Å². The van der Waals surface area contributed by atoms with E-state index >= 15 is 0 Å². The van der Waals surface area contributed by atoms with Gasteiger partial charge in [-0.25, -0.2) is 13.2 Å². The van der Waals surface area contributed by atoms with Gasteiger partial charge in [-0.1, -0.05) is 36.4 Å². The Kier molecular flexibility index (Phi) is 6.70. The molecule has 0 spiro atoms. The Morgan fingerprint density at radius 1 is 1.15 bits per heavy atom. The zero-order chi connectivity index (χ0) is 20.0. The van der Waals surface area contributed by atoms with Gasteiger partial charge >= 0.3 is 11.9 Å². The first-order chi connectivity index (χ1) is 12.7. The summed E-state index contributed by atoms with van der Waals surface area (Å²) in [5.41, 5.74) is 1.15. The molecule has 0 fully saturated rings. The summed E-state index contributed by atoms with van der Waals surface area (Å²) in [6.45, 7) is 3.37.